The van der Waals surface area contributed by atoms with Gasteiger partial charge in [-0.15, -0.1) is 0 Å². The number of aromatic carboxylic acids is 1. The van der Waals surface area contributed by atoms with Crippen LogP contribution in [0.3, 0.4) is 0 Å². The number of anilines is 1. The summed E-state index contributed by atoms with van der Waals surface area (Å²) in [6, 6.07) is 3.75. The van der Waals surface area contributed by atoms with Gasteiger partial charge in [0.25, 0.3) is 0 Å². The molecule has 0 spiro atoms. The fourth-order valence-corrected chi connectivity index (χ4v) is 3.56. The van der Waals surface area contributed by atoms with Gasteiger partial charge >= 0.3 is 5.97 Å². The quantitative estimate of drug-likeness (QED) is 0.869. The van der Waals surface area contributed by atoms with Gasteiger partial charge in [0.15, 0.2) is 0 Å². The number of nitrogens with zero attached hydrogens (tertiary/aromatic N) is 3. The number of carboxylic acid groups (broad SMARTS) is 1. The lowest BCUT2D eigenvalue weighted by Gasteiger charge is -2.38. The lowest BCUT2D eigenvalue weighted by atomic mass is 10.1. The average Bonchev–Trinajstić information content (AvgIpc) is 3.01. The molecule has 114 valence electrons. The Morgan fingerprint density at radius 2 is 1.86 bits per heavy atom. The maximum Gasteiger partial charge on any atom is 0.335 e. The molecule has 21 heavy (non-hydrogen) atoms. The number of piperazine rings is 1. The second-order valence-corrected chi connectivity index (χ2v) is 6.19. The Bertz CT molecular complexity index is 524. The minimum absolute atomic E-state index is 0.197. The summed E-state index contributed by atoms with van der Waals surface area (Å²) in [5, 5.41) is 9.34. The molecule has 2 heterocycles. The van der Waals surface area contributed by atoms with E-state index in [1.54, 1.807) is 6.07 Å². The van der Waals surface area contributed by atoms with Crippen molar-refractivity contribution in [3.05, 3.63) is 22.8 Å². The Kier molecular flexibility index (Phi) is 4.31. The fraction of sp³-hybridized carbons (Fsp3) is 0.600. The molecule has 5 nitrogen and oxygen atoms in total. The predicted molar refractivity (Wildman–Crippen MR) is 82.2 cm³/mol. The van der Waals surface area contributed by atoms with Crippen molar-refractivity contribution < 1.29 is 9.90 Å². The molecule has 0 amide bonds. The Labute approximate surface area is 129 Å². The van der Waals surface area contributed by atoms with Gasteiger partial charge in [0.1, 0.15) is 11.0 Å². The smallest absolute Gasteiger partial charge is 0.335 e. The molecule has 2 aliphatic rings. The SMILES string of the molecule is O=C(O)c1cc(Cl)nc(N2CCN(C3CCCC3)CC2)c1. The lowest BCUT2D eigenvalue weighted by molar-refractivity contribution is 0.0696. The van der Waals surface area contributed by atoms with Crippen molar-refractivity contribution in [2.24, 2.45) is 0 Å². The van der Waals surface area contributed by atoms with Crippen molar-refractivity contribution in [2.75, 3.05) is 31.1 Å². The zero-order valence-electron chi connectivity index (χ0n) is 12.0. The molecule has 1 saturated heterocycles. The van der Waals surface area contributed by atoms with Crippen LogP contribution in [0.4, 0.5) is 5.82 Å². The Morgan fingerprint density at radius 1 is 1.19 bits per heavy atom. The van der Waals surface area contributed by atoms with Crippen LogP contribution in [0.2, 0.25) is 5.15 Å². The second kappa shape index (κ2) is 6.20. The van der Waals surface area contributed by atoms with Gasteiger partial charge in [0, 0.05) is 32.2 Å². The van der Waals surface area contributed by atoms with Crippen molar-refractivity contribution >= 4 is 23.4 Å². The largest absolute Gasteiger partial charge is 0.478 e. The first-order valence-electron chi connectivity index (χ1n) is 7.53. The second-order valence-electron chi connectivity index (χ2n) is 5.80. The summed E-state index contributed by atoms with van der Waals surface area (Å²) in [6.45, 7) is 3.79. The minimum atomic E-state index is -0.967. The molecule has 1 aromatic heterocycles. The van der Waals surface area contributed by atoms with E-state index in [9.17, 15) is 4.79 Å². The van der Waals surface area contributed by atoms with Crippen LogP contribution in [0, 0.1) is 0 Å². The Balaban J connectivity index is 1.67. The monoisotopic (exact) mass is 309 g/mol. The van der Waals surface area contributed by atoms with Gasteiger partial charge in [-0.25, -0.2) is 9.78 Å². The van der Waals surface area contributed by atoms with E-state index in [-0.39, 0.29) is 10.7 Å². The first-order chi connectivity index (χ1) is 10.1. The molecule has 1 aliphatic carbocycles. The van der Waals surface area contributed by atoms with Crippen LogP contribution in [-0.2, 0) is 0 Å². The maximum absolute atomic E-state index is 11.1. The Hall–Kier alpha value is -1.33. The summed E-state index contributed by atoms with van der Waals surface area (Å²) in [4.78, 5) is 20.1. The number of rotatable bonds is 3. The van der Waals surface area contributed by atoms with Crippen molar-refractivity contribution in [3.63, 3.8) is 0 Å². The van der Waals surface area contributed by atoms with Crippen molar-refractivity contribution in [2.45, 2.75) is 31.7 Å². The molecule has 0 unspecified atom stereocenters. The normalized spacial score (nSPS) is 20.9. The molecule has 0 atom stereocenters. The van der Waals surface area contributed by atoms with Crippen LogP contribution < -0.4 is 4.90 Å². The van der Waals surface area contributed by atoms with Gasteiger partial charge in [-0.05, 0) is 25.0 Å². The number of halogens is 1. The fourth-order valence-electron chi connectivity index (χ4n) is 3.35. The topological polar surface area (TPSA) is 56.7 Å². The highest BCUT2D eigenvalue weighted by Gasteiger charge is 2.26. The van der Waals surface area contributed by atoms with Crippen LogP contribution in [0.25, 0.3) is 0 Å². The van der Waals surface area contributed by atoms with Gasteiger partial charge in [0.05, 0.1) is 5.56 Å². The van der Waals surface area contributed by atoms with E-state index in [4.69, 9.17) is 16.7 Å². The van der Waals surface area contributed by atoms with Gasteiger partial charge in [-0.1, -0.05) is 24.4 Å². The molecule has 2 fully saturated rings. The zero-order chi connectivity index (χ0) is 14.8. The highest BCUT2D eigenvalue weighted by atomic mass is 35.5. The van der Waals surface area contributed by atoms with Crippen LogP contribution in [0.5, 0.6) is 0 Å². The molecule has 0 aromatic carbocycles. The van der Waals surface area contributed by atoms with Gasteiger partial charge < -0.3 is 10.0 Å². The van der Waals surface area contributed by atoms with Crippen molar-refractivity contribution in [1.82, 2.24) is 9.88 Å². The van der Waals surface area contributed by atoms with Crippen LogP contribution in [0.1, 0.15) is 36.0 Å². The molecule has 1 aliphatic heterocycles. The third-order valence-electron chi connectivity index (χ3n) is 4.51. The van der Waals surface area contributed by atoms with E-state index in [0.29, 0.717) is 5.82 Å². The molecule has 1 saturated carbocycles. The molecule has 0 radical (unpaired) electrons. The van der Waals surface area contributed by atoms with Crippen LogP contribution in [-0.4, -0.2) is 53.2 Å². The molecule has 6 heteroatoms. The third-order valence-corrected chi connectivity index (χ3v) is 4.70. The number of aromatic nitrogens is 1. The van der Waals surface area contributed by atoms with Gasteiger partial charge in [0.2, 0.25) is 0 Å². The van der Waals surface area contributed by atoms with Crippen molar-refractivity contribution in [3.8, 4) is 0 Å². The summed E-state index contributed by atoms with van der Waals surface area (Å²) < 4.78 is 0. The van der Waals surface area contributed by atoms with Crippen LogP contribution in [0.15, 0.2) is 12.1 Å². The maximum atomic E-state index is 11.1. The zero-order valence-corrected chi connectivity index (χ0v) is 12.7. The summed E-state index contributed by atoms with van der Waals surface area (Å²) >= 11 is 5.93. The lowest BCUT2D eigenvalue weighted by Crippen LogP contribution is -2.50. The standard InChI is InChI=1S/C15H20ClN3O2/c16-13-9-11(15(20)21)10-14(17-13)19-7-5-18(6-8-19)12-3-1-2-4-12/h9-10,12H,1-8H2,(H,20,21). The summed E-state index contributed by atoms with van der Waals surface area (Å²) in [7, 11) is 0. The first-order valence-corrected chi connectivity index (χ1v) is 7.91. The molecule has 1 aromatic rings. The summed E-state index contributed by atoms with van der Waals surface area (Å²) in [5.74, 6) is -0.295. The Morgan fingerprint density at radius 3 is 2.48 bits per heavy atom. The van der Waals surface area contributed by atoms with E-state index in [0.717, 1.165) is 32.2 Å². The average molecular weight is 310 g/mol. The summed E-state index contributed by atoms with van der Waals surface area (Å²) in [5.41, 5.74) is 0.197. The van der Waals surface area contributed by atoms with E-state index < -0.39 is 5.97 Å². The number of carboxylic acids is 1. The van der Waals surface area contributed by atoms with Crippen molar-refractivity contribution in [1.29, 1.82) is 0 Å². The molecular formula is C15H20ClN3O2. The van der Waals surface area contributed by atoms with Gasteiger partial charge in [-0.2, -0.15) is 0 Å². The summed E-state index contributed by atoms with van der Waals surface area (Å²) in [6.07, 6.45) is 5.34. The molecule has 3 rings (SSSR count). The highest BCUT2D eigenvalue weighted by Crippen LogP contribution is 2.26. The van der Waals surface area contributed by atoms with E-state index in [2.05, 4.69) is 14.8 Å². The minimum Gasteiger partial charge on any atom is -0.478 e. The molecular weight excluding hydrogens is 290 g/mol. The highest BCUT2D eigenvalue weighted by molar-refractivity contribution is 6.29. The number of pyridine rings is 1. The van der Waals surface area contributed by atoms with Gasteiger partial charge in [-0.3, -0.25) is 4.90 Å². The van der Waals surface area contributed by atoms with E-state index >= 15 is 0 Å². The number of hydrogen-bond acceptors (Lipinski definition) is 4. The number of hydrogen-bond donors (Lipinski definition) is 1. The van der Waals surface area contributed by atoms with Crippen LogP contribution >= 0.6 is 11.6 Å². The third kappa shape index (κ3) is 3.30. The number of carbonyl (C=O) groups is 1. The molecule has 0 bridgehead atoms. The first kappa shape index (κ1) is 14.6. The predicted octanol–water partition coefficient (Wildman–Crippen LogP) is 2.50. The van der Waals surface area contributed by atoms with E-state index in [1.165, 1.54) is 31.7 Å². The molecule has 1 N–H and O–H groups in total. The van der Waals surface area contributed by atoms with E-state index in [1.807, 2.05) is 0 Å².